The Bertz CT molecular complexity index is 229. The highest BCUT2D eigenvalue weighted by Crippen LogP contribution is 2.36. The first kappa shape index (κ1) is 11.3. The van der Waals surface area contributed by atoms with E-state index >= 15 is 0 Å². The van der Waals surface area contributed by atoms with Crippen molar-refractivity contribution in [1.82, 2.24) is 0 Å². The number of rotatable bonds is 4. The number of aliphatic hydroxyl groups excluding tert-OH is 1. The molecular weight excluding hydrogens is 196 g/mol. The van der Waals surface area contributed by atoms with Gasteiger partial charge in [0.05, 0.1) is 12.7 Å². The summed E-state index contributed by atoms with van der Waals surface area (Å²) in [6, 6.07) is 0. The summed E-state index contributed by atoms with van der Waals surface area (Å²) in [5.74, 6) is 0. The lowest BCUT2D eigenvalue weighted by atomic mass is 9.89. The fourth-order valence-electron chi connectivity index (χ4n) is 1.64. The second-order valence-electron chi connectivity index (χ2n) is 5.00. The summed E-state index contributed by atoms with van der Waals surface area (Å²) in [6.07, 6.45) is 0.909. The van der Waals surface area contributed by atoms with E-state index in [4.69, 9.17) is 14.2 Å². The Morgan fingerprint density at radius 3 is 2.93 bits per heavy atom. The SMILES string of the molecule is CCC(C)(C)C(O)OC1CCOC2OC12. The minimum atomic E-state index is -0.726. The predicted octanol–water partition coefficient (Wildman–Crippen LogP) is 1.27. The fraction of sp³-hybridized carbons (Fsp3) is 1.00. The summed E-state index contributed by atoms with van der Waals surface area (Å²) in [5, 5.41) is 9.95. The van der Waals surface area contributed by atoms with Crippen molar-refractivity contribution >= 4 is 0 Å². The molecular formula is C11H20O4. The molecule has 1 N–H and O–H groups in total. The summed E-state index contributed by atoms with van der Waals surface area (Å²) in [4.78, 5) is 0. The molecule has 0 aromatic rings. The third-order valence-corrected chi connectivity index (χ3v) is 3.42. The third kappa shape index (κ3) is 2.33. The normalized spacial score (nSPS) is 37.2. The maximum absolute atomic E-state index is 9.95. The lowest BCUT2D eigenvalue weighted by molar-refractivity contribution is -0.203. The topological polar surface area (TPSA) is 51.2 Å². The molecule has 2 heterocycles. The van der Waals surface area contributed by atoms with Gasteiger partial charge in [-0.3, -0.25) is 0 Å². The lowest BCUT2D eigenvalue weighted by Gasteiger charge is -2.32. The molecule has 0 radical (unpaired) electrons. The molecule has 2 aliphatic heterocycles. The van der Waals surface area contributed by atoms with E-state index in [0.717, 1.165) is 12.8 Å². The Morgan fingerprint density at radius 2 is 2.27 bits per heavy atom. The predicted molar refractivity (Wildman–Crippen MR) is 54.2 cm³/mol. The quantitative estimate of drug-likeness (QED) is 0.568. The molecule has 2 saturated heterocycles. The van der Waals surface area contributed by atoms with E-state index in [2.05, 4.69) is 0 Å². The highest BCUT2D eigenvalue weighted by molar-refractivity contribution is 4.90. The van der Waals surface area contributed by atoms with Gasteiger partial charge in [-0.15, -0.1) is 0 Å². The van der Waals surface area contributed by atoms with E-state index in [1.807, 2.05) is 20.8 Å². The van der Waals surface area contributed by atoms with Crippen molar-refractivity contribution in [3.8, 4) is 0 Å². The van der Waals surface area contributed by atoms with Crippen LogP contribution in [0, 0.1) is 5.41 Å². The molecule has 0 aliphatic carbocycles. The Morgan fingerprint density at radius 1 is 1.53 bits per heavy atom. The summed E-state index contributed by atoms with van der Waals surface area (Å²) in [7, 11) is 0. The molecule has 15 heavy (non-hydrogen) atoms. The van der Waals surface area contributed by atoms with Crippen LogP contribution in [-0.4, -0.2) is 36.5 Å². The molecule has 88 valence electrons. The summed E-state index contributed by atoms with van der Waals surface area (Å²) < 4.78 is 16.2. The van der Waals surface area contributed by atoms with E-state index < -0.39 is 6.29 Å². The number of hydrogen-bond donors (Lipinski definition) is 1. The van der Waals surface area contributed by atoms with Crippen molar-refractivity contribution in [2.45, 2.75) is 58.4 Å². The smallest absolute Gasteiger partial charge is 0.187 e. The van der Waals surface area contributed by atoms with E-state index in [1.54, 1.807) is 0 Å². The van der Waals surface area contributed by atoms with Crippen molar-refractivity contribution in [2.75, 3.05) is 6.61 Å². The summed E-state index contributed by atoms with van der Waals surface area (Å²) >= 11 is 0. The zero-order valence-electron chi connectivity index (χ0n) is 9.60. The monoisotopic (exact) mass is 216 g/mol. The number of ether oxygens (including phenoxy) is 3. The molecule has 4 unspecified atom stereocenters. The van der Waals surface area contributed by atoms with Gasteiger partial charge in [0.2, 0.25) is 0 Å². The van der Waals surface area contributed by atoms with Gasteiger partial charge in [-0.2, -0.15) is 0 Å². The maximum atomic E-state index is 9.95. The van der Waals surface area contributed by atoms with Gasteiger partial charge in [-0.25, -0.2) is 0 Å². The van der Waals surface area contributed by atoms with Crippen molar-refractivity contribution < 1.29 is 19.3 Å². The number of aliphatic hydroxyl groups is 1. The van der Waals surface area contributed by atoms with Crippen LogP contribution in [0.2, 0.25) is 0 Å². The van der Waals surface area contributed by atoms with E-state index in [9.17, 15) is 5.11 Å². The van der Waals surface area contributed by atoms with Crippen molar-refractivity contribution in [2.24, 2.45) is 5.41 Å². The van der Waals surface area contributed by atoms with Crippen LogP contribution in [0.4, 0.5) is 0 Å². The van der Waals surface area contributed by atoms with Crippen molar-refractivity contribution in [1.29, 1.82) is 0 Å². The molecule has 0 bridgehead atoms. The van der Waals surface area contributed by atoms with E-state index in [0.29, 0.717) is 6.61 Å². The first-order valence-electron chi connectivity index (χ1n) is 5.65. The average Bonchev–Trinajstić information content (AvgIpc) is 2.97. The van der Waals surface area contributed by atoms with Gasteiger partial charge in [0.1, 0.15) is 6.10 Å². The average molecular weight is 216 g/mol. The minimum absolute atomic E-state index is 0.00965. The molecule has 0 amide bonds. The van der Waals surface area contributed by atoms with Gasteiger partial charge in [0.15, 0.2) is 12.6 Å². The maximum Gasteiger partial charge on any atom is 0.187 e. The van der Waals surface area contributed by atoms with Gasteiger partial charge in [0, 0.05) is 5.41 Å². The van der Waals surface area contributed by atoms with Crippen LogP contribution >= 0.6 is 0 Å². The molecule has 4 atom stereocenters. The third-order valence-electron chi connectivity index (χ3n) is 3.42. The second kappa shape index (κ2) is 4.01. The lowest BCUT2D eigenvalue weighted by Crippen LogP contribution is -2.39. The van der Waals surface area contributed by atoms with Crippen LogP contribution in [0.1, 0.15) is 33.6 Å². The molecule has 2 fully saturated rings. The van der Waals surface area contributed by atoms with Crippen LogP contribution in [0.25, 0.3) is 0 Å². The van der Waals surface area contributed by atoms with Gasteiger partial charge in [-0.05, 0) is 12.8 Å². The summed E-state index contributed by atoms with van der Waals surface area (Å²) in [6.45, 7) is 6.71. The van der Waals surface area contributed by atoms with Crippen LogP contribution < -0.4 is 0 Å². The van der Waals surface area contributed by atoms with Crippen LogP contribution in [0.15, 0.2) is 0 Å². The molecule has 0 aromatic carbocycles. The van der Waals surface area contributed by atoms with Crippen LogP contribution in [0.5, 0.6) is 0 Å². The second-order valence-corrected chi connectivity index (χ2v) is 5.00. The molecule has 0 spiro atoms. The number of epoxide rings is 1. The van der Waals surface area contributed by atoms with E-state index in [1.165, 1.54) is 0 Å². The first-order valence-corrected chi connectivity index (χ1v) is 5.65. The summed E-state index contributed by atoms with van der Waals surface area (Å²) in [5.41, 5.74) is -0.206. The highest BCUT2D eigenvalue weighted by Gasteiger charge is 2.51. The molecule has 4 heteroatoms. The van der Waals surface area contributed by atoms with Gasteiger partial charge >= 0.3 is 0 Å². The van der Waals surface area contributed by atoms with E-state index in [-0.39, 0.29) is 23.9 Å². The Kier molecular flexibility index (Phi) is 3.03. The fourth-order valence-corrected chi connectivity index (χ4v) is 1.64. The zero-order valence-corrected chi connectivity index (χ0v) is 9.60. The standard InChI is InChI=1S/C11H20O4/c1-4-11(2,3)10(12)14-7-5-6-13-9-8(7)15-9/h7-10,12H,4-6H2,1-3H3. The molecule has 0 saturated carbocycles. The Balaban J connectivity index is 1.85. The largest absolute Gasteiger partial charge is 0.367 e. The van der Waals surface area contributed by atoms with Crippen molar-refractivity contribution in [3.05, 3.63) is 0 Å². The van der Waals surface area contributed by atoms with Crippen molar-refractivity contribution in [3.63, 3.8) is 0 Å². The Labute approximate surface area is 90.5 Å². The van der Waals surface area contributed by atoms with Gasteiger partial charge < -0.3 is 19.3 Å². The first-order chi connectivity index (χ1) is 7.04. The van der Waals surface area contributed by atoms with Gasteiger partial charge in [-0.1, -0.05) is 20.8 Å². The number of hydrogen-bond acceptors (Lipinski definition) is 4. The van der Waals surface area contributed by atoms with Crippen LogP contribution in [-0.2, 0) is 14.2 Å². The molecule has 2 aliphatic rings. The number of fused-ring (bicyclic) bond motifs is 1. The van der Waals surface area contributed by atoms with Crippen LogP contribution in [0.3, 0.4) is 0 Å². The van der Waals surface area contributed by atoms with Gasteiger partial charge in [0.25, 0.3) is 0 Å². The molecule has 2 rings (SSSR count). The highest BCUT2D eigenvalue weighted by atomic mass is 16.8. The minimum Gasteiger partial charge on any atom is -0.367 e. The molecule has 4 nitrogen and oxygen atoms in total. The molecule has 0 aromatic heterocycles. The zero-order chi connectivity index (χ0) is 11.1. The Hall–Kier alpha value is -0.160.